The molecule has 0 aromatic heterocycles. The van der Waals surface area contributed by atoms with Crippen LogP contribution in [-0.2, 0) is 89.6 Å². The fraction of sp³-hybridized carbons (Fsp3) is 0.615. The van der Waals surface area contributed by atoms with Crippen LogP contribution in [0.15, 0.2) is 55.3 Å². The number of guanidine groups is 2. The number of carbonyl (C=O) groups excluding carboxylic acids is 14. The van der Waals surface area contributed by atoms with Gasteiger partial charge in [-0.15, -0.1) is 0 Å². The first kappa shape index (κ1) is 101. The number of primary amides is 1. The number of unbranched alkanes of at least 4 members (excludes halogenated alkanes) is 1. The quantitative estimate of drug-likeness (QED) is 0.0188. The van der Waals surface area contributed by atoms with Gasteiger partial charge < -0.3 is 123 Å². The largest absolute Gasteiger partial charge is 0.508 e. The number of phenols is 2. The molecule has 43 heteroatoms. The van der Waals surface area contributed by atoms with Crippen LogP contribution in [0.4, 0.5) is 0 Å². The molecule has 5 rings (SSSR count). The molecule has 27 N–H and O–H groups in total. The van der Waals surface area contributed by atoms with E-state index < -0.39 is 192 Å². The lowest BCUT2D eigenvalue weighted by atomic mass is 9.96. The van der Waals surface area contributed by atoms with E-state index in [1.165, 1.54) is 41.3 Å². The van der Waals surface area contributed by atoms with E-state index in [0.717, 1.165) is 4.90 Å². The van der Waals surface area contributed by atoms with Crippen molar-refractivity contribution in [2.75, 3.05) is 32.7 Å². The van der Waals surface area contributed by atoms with E-state index in [4.69, 9.17) is 34.4 Å². The van der Waals surface area contributed by atoms with E-state index in [1.54, 1.807) is 41.5 Å². The molecule has 0 spiro atoms. The lowest BCUT2D eigenvalue weighted by Gasteiger charge is -2.32. The summed E-state index contributed by atoms with van der Waals surface area (Å²) in [5.41, 5.74) is 34.9. The van der Waals surface area contributed by atoms with Crippen molar-refractivity contribution >= 4 is 138 Å². The maximum Gasteiger partial charge on any atom is 0.326 e. The second kappa shape index (κ2) is 49.7. The molecule has 3 fully saturated rings. The molecule has 14 atom stereocenters. The van der Waals surface area contributed by atoms with Crippen LogP contribution < -0.4 is 92.9 Å². The summed E-state index contributed by atoms with van der Waals surface area (Å²) in [6.07, 6.45) is -1.64. The molecule has 2 aromatic carbocycles. The Kier molecular flexibility index (Phi) is 41.3. The van der Waals surface area contributed by atoms with Gasteiger partial charge in [-0.1, -0.05) is 60.1 Å². The summed E-state index contributed by atoms with van der Waals surface area (Å²) in [5, 5.41) is 69.2. The van der Waals surface area contributed by atoms with Gasteiger partial charge in [-0.25, -0.2) is 4.79 Å². The molecule has 0 radical (unpaired) electrons. The van der Waals surface area contributed by atoms with Crippen molar-refractivity contribution in [2.45, 2.75) is 255 Å². The third kappa shape index (κ3) is 33.2. The van der Waals surface area contributed by atoms with Gasteiger partial charge in [-0.05, 0) is 188 Å². The molecule has 0 unspecified atom stereocenters. The van der Waals surface area contributed by atoms with E-state index in [2.05, 4.69) is 100 Å². The lowest BCUT2D eigenvalue weighted by molar-refractivity contribution is -0.144. The van der Waals surface area contributed by atoms with Crippen molar-refractivity contribution in [3.8, 4) is 11.5 Å². The number of hydrogen-bond acceptors (Lipinski definition) is 21. The van der Waals surface area contributed by atoms with Crippen molar-refractivity contribution in [3.05, 3.63) is 56.5 Å². The maximum absolute atomic E-state index is 15.2. The van der Waals surface area contributed by atoms with Crippen LogP contribution >= 0.6 is 31.9 Å². The summed E-state index contributed by atoms with van der Waals surface area (Å²) in [7, 11) is 0. The average molecular weight is 1830 g/mol. The Morgan fingerprint density at radius 2 is 0.942 bits per heavy atom. The molecule has 0 saturated carbocycles. The van der Waals surface area contributed by atoms with Crippen LogP contribution in [-0.4, -0.2) is 248 Å². The molecular weight excluding hydrogens is 1710 g/mol. The number of carboxylic acids is 2. The van der Waals surface area contributed by atoms with Crippen molar-refractivity contribution in [2.24, 2.45) is 62.1 Å². The number of likely N-dealkylation sites (tertiary alicyclic amines) is 2. The Balaban J connectivity index is 1.43. The summed E-state index contributed by atoms with van der Waals surface area (Å²) in [6.45, 7) is 10.4. The van der Waals surface area contributed by atoms with Crippen LogP contribution in [0.2, 0.25) is 0 Å². The zero-order valence-electron chi connectivity index (χ0n) is 68.9. The second-order valence-corrected chi connectivity index (χ2v) is 33.0. The standard InChI is InChI=1S/C78H119Br2N21O20/c1-7-41(6)62(73(117)98-56(76(120)121)33-40(4)5)99-70(114)54(37-43-34-45(79)63(107)46(80)35-43)97-72(116)58-18-13-31-101(58)75(119)51(16-11-29-88-78(85)86)92-64(108)47(15-10-28-87-77(83)84)91-71(115)57-17-12-30-100(57)74(118)50(14-8-9-27-81)93-69(113)55(38-59(82)103)96-66(110)49(24-26-61(105)106)90-68(112)53(36-42-19-21-44(102)22-20-42)95-67(111)52(32-39(2)3)94-65(109)48-23-25-60(104)89-48/h19-22,34-35,39-41,47-58,62,102,107H,7-18,23-33,36-38,81H2,1-6H3,(H2,82,103)(H,89,104)(H,90,112)(H,91,115)(H,92,108)(H,93,113)(H,94,109)(H,95,111)(H,96,110)(H,97,116)(H,98,117)(H,99,114)(H,105,106)(H,120,121)(H4,83,84,87)(H4,85,86,88)/t41-,47-,48-,49-,50-,51-,52-,53-,54-,55-,56-,57-,58-,62-/m0/s1. The summed E-state index contributed by atoms with van der Waals surface area (Å²) in [6, 6.07) is -10.3. The molecule has 2 aromatic rings. The Morgan fingerprint density at radius 1 is 0.512 bits per heavy atom. The van der Waals surface area contributed by atoms with E-state index in [9.17, 15) is 82.8 Å². The first-order valence-corrected chi connectivity index (χ1v) is 42.1. The molecule has 121 heavy (non-hydrogen) atoms. The van der Waals surface area contributed by atoms with Crippen molar-refractivity contribution in [3.63, 3.8) is 0 Å². The number of amides is 14. The molecule has 0 aliphatic carbocycles. The summed E-state index contributed by atoms with van der Waals surface area (Å²) < 4.78 is 0.440. The van der Waals surface area contributed by atoms with E-state index in [1.807, 2.05) is 0 Å². The predicted octanol–water partition coefficient (Wildman–Crippen LogP) is -2.28. The third-order valence-corrected chi connectivity index (χ3v) is 21.8. The van der Waals surface area contributed by atoms with E-state index >= 15 is 14.4 Å². The number of phenolic OH excluding ortho intramolecular Hbond substituents is 2. The van der Waals surface area contributed by atoms with Gasteiger partial charge in [0.15, 0.2) is 11.9 Å². The summed E-state index contributed by atoms with van der Waals surface area (Å²) >= 11 is 6.61. The number of nitrogens with zero attached hydrogens (tertiary/aromatic N) is 4. The summed E-state index contributed by atoms with van der Waals surface area (Å²) in [5.74, 6) is -17.0. The Bertz CT molecular complexity index is 4030. The van der Waals surface area contributed by atoms with Crippen LogP contribution in [0.25, 0.3) is 0 Å². The average Bonchev–Trinajstić information content (AvgIpc) is 1.71. The van der Waals surface area contributed by atoms with Crippen molar-refractivity contribution < 1.29 is 97.1 Å². The van der Waals surface area contributed by atoms with Gasteiger partial charge in [0.1, 0.15) is 90.0 Å². The van der Waals surface area contributed by atoms with Crippen molar-refractivity contribution in [1.82, 2.24) is 68.3 Å². The molecule has 3 aliphatic heterocycles. The minimum absolute atomic E-state index is 0.000638. The number of halogens is 2. The summed E-state index contributed by atoms with van der Waals surface area (Å²) in [4.78, 5) is 235. The highest BCUT2D eigenvalue weighted by Crippen LogP contribution is 2.34. The lowest BCUT2D eigenvalue weighted by Crippen LogP contribution is -2.61. The number of carboxylic acid groups (broad SMARTS) is 2. The van der Waals surface area contributed by atoms with Gasteiger partial charge in [0, 0.05) is 51.9 Å². The number of benzene rings is 2. The van der Waals surface area contributed by atoms with Gasteiger partial charge in [0.05, 0.1) is 15.4 Å². The second-order valence-electron chi connectivity index (χ2n) is 31.3. The number of nitrogens with two attached hydrogens (primary N) is 6. The van der Waals surface area contributed by atoms with E-state index in [0.29, 0.717) is 24.0 Å². The third-order valence-electron chi connectivity index (χ3n) is 20.6. The number of hydrogen-bond donors (Lipinski definition) is 21. The Hall–Kier alpha value is -11.0. The van der Waals surface area contributed by atoms with Gasteiger partial charge in [-0.2, -0.15) is 0 Å². The van der Waals surface area contributed by atoms with Gasteiger partial charge in [0.25, 0.3) is 0 Å². The molecule has 41 nitrogen and oxygen atoms in total. The number of nitrogens with one attached hydrogen (secondary N) is 11. The highest BCUT2D eigenvalue weighted by Gasteiger charge is 2.44. The first-order chi connectivity index (χ1) is 57.1. The van der Waals surface area contributed by atoms with Gasteiger partial charge >= 0.3 is 11.9 Å². The fourth-order valence-electron chi connectivity index (χ4n) is 14.1. The Labute approximate surface area is 717 Å². The van der Waals surface area contributed by atoms with Crippen LogP contribution in [0, 0.1) is 17.8 Å². The number of aliphatic carboxylic acids is 2. The minimum atomic E-state index is -1.93. The molecule has 670 valence electrons. The molecule has 14 amide bonds. The Morgan fingerprint density at radius 3 is 1.43 bits per heavy atom. The topological polar surface area (TPSA) is 674 Å². The molecule has 0 bridgehead atoms. The zero-order valence-corrected chi connectivity index (χ0v) is 72.1. The van der Waals surface area contributed by atoms with Crippen LogP contribution in [0.5, 0.6) is 11.5 Å². The smallest absolute Gasteiger partial charge is 0.326 e. The molecule has 3 heterocycles. The maximum atomic E-state index is 15.2. The monoisotopic (exact) mass is 1830 g/mol. The fourth-order valence-corrected chi connectivity index (χ4v) is 15.4. The predicted molar refractivity (Wildman–Crippen MR) is 448 cm³/mol. The number of carbonyl (C=O) groups is 16. The molecule has 3 saturated heterocycles. The SMILES string of the molecule is CC[C@H](C)[C@H](NC(=O)[C@H](Cc1cc(Br)c(O)c(Br)c1)NC(=O)[C@@H]1CCCN1C(=O)[C@H](CCCN=C(N)N)NC(=O)[C@H](CCCN=C(N)N)NC(=O)[C@@H]1CCCN1C(=O)[C@H](CCCCN)NC(=O)[C@H](CC(N)=O)NC(=O)[C@H](CCC(=O)O)NC(=O)[C@H](Cc1ccc(O)cc1)NC(=O)[C@H](CC(C)C)NC(=O)[C@@H]1CCC(=O)N1)C(=O)N[C@@H](CC(C)C)C(=O)O. The van der Waals surface area contributed by atoms with Crippen LogP contribution in [0.1, 0.15) is 175 Å². The molecule has 3 aliphatic rings. The van der Waals surface area contributed by atoms with Crippen LogP contribution in [0.3, 0.4) is 0 Å². The van der Waals surface area contributed by atoms with Crippen molar-refractivity contribution in [1.29, 1.82) is 0 Å². The highest BCUT2D eigenvalue weighted by atomic mass is 79.9. The van der Waals surface area contributed by atoms with E-state index in [-0.39, 0.29) is 186 Å². The van der Waals surface area contributed by atoms with Gasteiger partial charge in [0.2, 0.25) is 82.7 Å². The number of aliphatic imine (C=N–C) groups is 2. The number of rotatable bonds is 50. The number of aromatic hydroxyl groups is 2. The zero-order chi connectivity index (χ0) is 90.1. The van der Waals surface area contributed by atoms with Gasteiger partial charge in [-0.3, -0.25) is 81.9 Å². The normalized spacial score (nSPS) is 17.7. The molecular formula is C78H119Br2N21O20. The highest BCUT2D eigenvalue weighted by molar-refractivity contribution is 9.11. The first-order valence-electron chi connectivity index (χ1n) is 40.5. The minimum Gasteiger partial charge on any atom is -0.508 e.